The minimum atomic E-state index is -0.315. The van der Waals surface area contributed by atoms with Gasteiger partial charge >= 0.3 is 5.97 Å². The number of nitrogens with one attached hydrogen (secondary N) is 1. The van der Waals surface area contributed by atoms with Crippen molar-refractivity contribution in [3.05, 3.63) is 29.3 Å². The van der Waals surface area contributed by atoms with Gasteiger partial charge in [0, 0.05) is 5.69 Å². The standard InChI is InChI=1S/C16H25NO2/c1-5-11-19-16(18)12(4)17-15-13(6-2)9-8-10-14(15)7-3/h8-10,12,17H,5-7,11H2,1-4H3. The summed E-state index contributed by atoms with van der Waals surface area (Å²) >= 11 is 0. The van der Waals surface area contributed by atoms with Gasteiger partial charge in [0.2, 0.25) is 0 Å². The highest BCUT2D eigenvalue weighted by atomic mass is 16.5. The Kier molecular flexibility index (Phi) is 6.40. The lowest BCUT2D eigenvalue weighted by Gasteiger charge is -2.19. The van der Waals surface area contributed by atoms with Gasteiger partial charge in [0.05, 0.1) is 6.61 Å². The van der Waals surface area contributed by atoms with Gasteiger partial charge in [-0.3, -0.25) is 0 Å². The molecule has 0 heterocycles. The molecule has 0 amide bonds. The summed E-state index contributed by atoms with van der Waals surface area (Å²) in [6, 6.07) is 5.96. The van der Waals surface area contributed by atoms with Gasteiger partial charge in [-0.2, -0.15) is 0 Å². The lowest BCUT2D eigenvalue weighted by molar-refractivity contribution is -0.144. The van der Waals surface area contributed by atoms with Gasteiger partial charge in [-0.25, -0.2) is 4.79 Å². The summed E-state index contributed by atoms with van der Waals surface area (Å²) in [4.78, 5) is 11.8. The molecule has 1 atom stereocenters. The van der Waals surface area contributed by atoms with Gasteiger partial charge in [-0.05, 0) is 37.3 Å². The molecule has 19 heavy (non-hydrogen) atoms. The van der Waals surface area contributed by atoms with Gasteiger partial charge in [-0.1, -0.05) is 39.0 Å². The van der Waals surface area contributed by atoms with Crippen molar-refractivity contribution in [3.63, 3.8) is 0 Å². The lowest BCUT2D eigenvalue weighted by atomic mass is 10.0. The second-order valence-electron chi connectivity index (χ2n) is 4.69. The molecule has 1 aromatic carbocycles. The number of hydrogen-bond donors (Lipinski definition) is 1. The number of carbonyl (C=O) groups excluding carboxylic acids is 1. The molecule has 0 aromatic heterocycles. The van der Waals surface area contributed by atoms with Crippen LogP contribution in [-0.4, -0.2) is 18.6 Å². The molecule has 1 aromatic rings. The maximum absolute atomic E-state index is 11.8. The van der Waals surface area contributed by atoms with E-state index in [9.17, 15) is 4.79 Å². The minimum absolute atomic E-state index is 0.185. The van der Waals surface area contributed by atoms with E-state index in [1.807, 2.05) is 13.8 Å². The highest BCUT2D eigenvalue weighted by Crippen LogP contribution is 2.23. The Balaban J connectivity index is 2.82. The van der Waals surface area contributed by atoms with Crippen LogP contribution in [0.15, 0.2) is 18.2 Å². The summed E-state index contributed by atoms with van der Waals surface area (Å²) in [6.07, 6.45) is 2.75. The molecule has 0 aliphatic carbocycles. The molecule has 0 spiro atoms. The van der Waals surface area contributed by atoms with E-state index in [1.165, 1.54) is 11.1 Å². The van der Waals surface area contributed by atoms with Crippen LogP contribution in [0.2, 0.25) is 0 Å². The Bertz CT molecular complexity index is 393. The Morgan fingerprint density at radius 1 is 1.21 bits per heavy atom. The Morgan fingerprint density at radius 3 is 2.26 bits per heavy atom. The van der Waals surface area contributed by atoms with E-state index in [0.717, 1.165) is 24.9 Å². The van der Waals surface area contributed by atoms with Crippen molar-refractivity contribution in [2.75, 3.05) is 11.9 Å². The fourth-order valence-corrected chi connectivity index (χ4v) is 2.03. The van der Waals surface area contributed by atoms with Gasteiger partial charge in [0.1, 0.15) is 6.04 Å². The van der Waals surface area contributed by atoms with Crippen molar-refractivity contribution in [1.82, 2.24) is 0 Å². The molecule has 3 nitrogen and oxygen atoms in total. The van der Waals surface area contributed by atoms with E-state index < -0.39 is 0 Å². The largest absolute Gasteiger partial charge is 0.464 e. The van der Waals surface area contributed by atoms with Crippen molar-refractivity contribution in [2.45, 2.75) is 53.0 Å². The molecule has 0 fully saturated rings. The number of anilines is 1. The number of para-hydroxylation sites is 1. The van der Waals surface area contributed by atoms with Crippen LogP contribution < -0.4 is 5.32 Å². The number of esters is 1. The van der Waals surface area contributed by atoms with Crippen molar-refractivity contribution >= 4 is 11.7 Å². The molecule has 0 radical (unpaired) electrons. The summed E-state index contributed by atoms with van der Waals surface area (Å²) in [6.45, 7) is 8.58. The van der Waals surface area contributed by atoms with E-state index in [2.05, 4.69) is 37.4 Å². The quantitative estimate of drug-likeness (QED) is 0.764. The first kappa shape index (κ1) is 15.5. The first-order valence-corrected chi connectivity index (χ1v) is 7.17. The normalized spacial score (nSPS) is 12.0. The van der Waals surface area contributed by atoms with E-state index in [1.54, 1.807) is 0 Å². The molecular formula is C16H25NO2. The predicted molar refractivity (Wildman–Crippen MR) is 79.5 cm³/mol. The topological polar surface area (TPSA) is 38.3 Å². The lowest BCUT2D eigenvalue weighted by Crippen LogP contribution is -2.29. The zero-order chi connectivity index (χ0) is 14.3. The molecule has 0 saturated carbocycles. The molecule has 0 saturated heterocycles. The Morgan fingerprint density at radius 2 is 1.79 bits per heavy atom. The third kappa shape index (κ3) is 4.27. The third-order valence-electron chi connectivity index (χ3n) is 3.16. The van der Waals surface area contributed by atoms with Crippen molar-refractivity contribution in [1.29, 1.82) is 0 Å². The van der Waals surface area contributed by atoms with Crippen molar-refractivity contribution in [3.8, 4) is 0 Å². The zero-order valence-electron chi connectivity index (χ0n) is 12.5. The van der Waals surface area contributed by atoms with E-state index in [-0.39, 0.29) is 12.0 Å². The van der Waals surface area contributed by atoms with Gasteiger partial charge in [0.15, 0.2) is 0 Å². The van der Waals surface area contributed by atoms with Crippen LogP contribution in [0.4, 0.5) is 5.69 Å². The molecule has 1 N–H and O–H groups in total. The summed E-state index contributed by atoms with van der Waals surface area (Å²) in [7, 11) is 0. The number of ether oxygens (including phenoxy) is 1. The number of aryl methyl sites for hydroxylation is 2. The highest BCUT2D eigenvalue weighted by Gasteiger charge is 2.16. The molecular weight excluding hydrogens is 238 g/mol. The van der Waals surface area contributed by atoms with Crippen molar-refractivity contribution < 1.29 is 9.53 Å². The number of hydrogen-bond acceptors (Lipinski definition) is 3. The highest BCUT2D eigenvalue weighted by molar-refractivity contribution is 5.79. The average Bonchev–Trinajstić information content (AvgIpc) is 2.44. The smallest absolute Gasteiger partial charge is 0.328 e. The molecule has 1 unspecified atom stereocenters. The van der Waals surface area contributed by atoms with E-state index in [4.69, 9.17) is 4.74 Å². The van der Waals surface area contributed by atoms with Crippen LogP contribution in [0.5, 0.6) is 0 Å². The van der Waals surface area contributed by atoms with Crippen LogP contribution in [-0.2, 0) is 22.4 Å². The number of rotatable bonds is 7. The van der Waals surface area contributed by atoms with Gasteiger partial charge < -0.3 is 10.1 Å². The van der Waals surface area contributed by atoms with Crippen LogP contribution in [0.25, 0.3) is 0 Å². The molecule has 3 heteroatoms. The second-order valence-corrected chi connectivity index (χ2v) is 4.69. The summed E-state index contributed by atoms with van der Waals surface area (Å²) < 4.78 is 5.17. The average molecular weight is 263 g/mol. The van der Waals surface area contributed by atoms with Gasteiger partial charge in [-0.15, -0.1) is 0 Å². The first-order chi connectivity index (χ1) is 9.13. The van der Waals surface area contributed by atoms with Crippen LogP contribution >= 0.6 is 0 Å². The maximum atomic E-state index is 11.8. The van der Waals surface area contributed by atoms with Crippen molar-refractivity contribution in [2.24, 2.45) is 0 Å². The van der Waals surface area contributed by atoms with Crippen LogP contribution in [0.3, 0.4) is 0 Å². The fourth-order valence-electron chi connectivity index (χ4n) is 2.03. The summed E-state index contributed by atoms with van der Waals surface area (Å²) in [5, 5.41) is 3.32. The first-order valence-electron chi connectivity index (χ1n) is 7.17. The number of benzene rings is 1. The third-order valence-corrected chi connectivity index (χ3v) is 3.16. The SMILES string of the molecule is CCCOC(=O)C(C)Nc1c(CC)cccc1CC. The Labute approximate surface area is 116 Å². The minimum Gasteiger partial charge on any atom is -0.464 e. The monoisotopic (exact) mass is 263 g/mol. The summed E-state index contributed by atoms with van der Waals surface area (Å²) in [5.74, 6) is -0.185. The molecule has 1 rings (SSSR count). The van der Waals surface area contributed by atoms with Crippen LogP contribution in [0.1, 0.15) is 45.2 Å². The van der Waals surface area contributed by atoms with E-state index in [0.29, 0.717) is 6.61 Å². The van der Waals surface area contributed by atoms with Crippen LogP contribution in [0, 0.1) is 0 Å². The molecule has 0 aliphatic heterocycles. The zero-order valence-corrected chi connectivity index (χ0v) is 12.5. The van der Waals surface area contributed by atoms with E-state index >= 15 is 0 Å². The molecule has 106 valence electrons. The fraction of sp³-hybridized carbons (Fsp3) is 0.562. The Hall–Kier alpha value is -1.51. The number of carbonyl (C=O) groups is 1. The second kappa shape index (κ2) is 7.82. The molecule has 0 aliphatic rings. The molecule has 0 bridgehead atoms. The van der Waals surface area contributed by atoms with Gasteiger partial charge in [0.25, 0.3) is 0 Å². The maximum Gasteiger partial charge on any atom is 0.328 e. The predicted octanol–water partition coefficient (Wildman–Crippen LogP) is 3.57. The summed E-state index contributed by atoms with van der Waals surface area (Å²) in [5.41, 5.74) is 3.58.